The molecule has 2 aromatic carbocycles. The minimum Gasteiger partial charge on any atom is -0.454 e. The van der Waals surface area contributed by atoms with Gasteiger partial charge in [-0.1, -0.05) is 33.6 Å². The first-order valence-corrected chi connectivity index (χ1v) is 6.83. The summed E-state index contributed by atoms with van der Waals surface area (Å²) in [5, 5.41) is 3.58. The van der Waals surface area contributed by atoms with Crippen molar-refractivity contribution in [1.82, 2.24) is 5.32 Å². The molecular formula is C14H12BrClFNO. The van der Waals surface area contributed by atoms with Crippen LogP contribution in [0.4, 0.5) is 4.39 Å². The van der Waals surface area contributed by atoms with Crippen molar-refractivity contribution in [2.45, 2.75) is 6.54 Å². The molecule has 0 amide bonds. The third-order valence-electron chi connectivity index (χ3n) is 2.51. The maximum Gasteiger partial charge on any atom is 0.165 e. The van der Waals surface area contributed by atoms with E-state index in [4.69, 9.17) is 16.3 Å². The number of ether oxygens (including phenoxy) is 1. The lowest BCUT2D eigenvalue weighted by Crippen LogP contribution is -2.06. The first kappa shape index (κ1) is 14.3. The molecule has 0 bridgehead atoms. The van der Waals surface area contributed by atoms with Crippen molar-refractivity contribution in [2.75, 3.05) is 7.05 Å². The fourth-order valence-electron chi connectivity index (χ4n) is 1.63. The Balaban J connectivity index is 2.36. The van der Waals surface area contributed by atoms with E-state index in [9.17, 15) is 4.39 Å². The van der Waals surface area contributed by atoms with Crippen LogP contribution in [0.5, 0.6) is 11.5 Å². The summed E-state index contributed by atoms with van der Waals surface area (Å²) in [6, 6.07) is 9.85. The Morgan fingerprint density at radius 1 is 1.21 bits per heavy atom. The molecule has 0 saturated heterocycles. The smallest absolute Gasteiger partial charge is 0.165 e. The van der Waals surface area contributed by atoms with Crippen LogP contribution in [0.2, 0.25) is 5.02 Å². The molecule has 0 fully saturated rings. The van der Waals surface area contributed by atoms with E-state index in [0.29, 0.717) is 17.3 Å². The van der Waals surface area contributed by atoms with Crippen molar-refractivity contribution < 1.29 is 9.13 Å². The molecule has 0 aromatic heterocycles. The fraction of sp³-hybridized carbons (Fsp3) is 0.143. The summed E-state index contributed by atoms with van der Waals surface area (Å²) in [6.07, 6.45) is 0. The average molecular weight is 345 g/mol. The van der Waals surface area contributed by atoms with Gasteiger partial charge < -0.3 is 10.1 Å². The van der Waals surface area contributed by atoms with Crippen LogP contribution in [-0.4, -0.2) is 7.05 Å². The van der Waals surface area contributed by atoms with Crippen molar-refractivity contribution in [2.24, 2.45) is 0 Å². The van der Waals surface area contributed by atoms with Crippen LogP contribution in [-0.2, 0) is 6.54 Å². The van der Waals surface area contributed by atoms with E-state index in [1.807, 2.05) is 13.1 Å². The maximum atomic E-state index is 13.7. The van der Waals surface area contributed by atoms with Gasteiger partial charge in [-0.05, 0) is 37.4 Å². The van der Waals surface area contributed by atoms with Crippen molar-refractivity contribution in [1.29, 1.82) is 0 Å². The van der Waals surface area contributed by atoms with E-state index in [-0.39, 0.29) is 5.75 Å². The molecular weight excluding hydrogens is 333 g/mol. The molecule has 0 unspecified atom stereocenters. The van der Waals surface area contributed by atoms with E-state index >= 15 is 0 Å². The van der Waals surface area contributed by atoms with E-state index < -0.39 is 5.82 Å². The van der Waals surface area contributed by atoms with E-state index in [1.165, 1.54) is 6.07 Å². The van der Waals surface area contributed by atoms with Gasteiger partial charge in [-0.2, -0.15) is 0 Å². The lowest BCUT2D eigenvalue weighted by molar-refractivity contribution is 0.436. The summed E-state index contributed by atoms with van der Waals surface area (Å²) in [5.74, 6) is 0.284. The molecule has 0 heterocycles. The first-order valence-electron chi connectivity index (χ1n) is 5.66. The second-order valence-electron chi connectivity index (χ2n) is 3.96. The van der Waals surface area contributed by atoms with Crippen LogP contribution in [0.25, 0.3) is 0 Å². The molecule has 0 aliphatic rings. The number of hydrogen-bond donors (Lipinski definition) is 1. The van der Waals surface area contributed by atoms with Gasteiger partial charge in [0.25, 0.3) is 0 Å². The highest BCUT2D eigenvalue weighted by Crippen LogP contribution is 2.31. The summed E-state index contributed by atoms with van der Waals surface area (Å²) < 4.78 is 20.1. The van der Waals surface area contributed by atoms with Gasteiger partial charge in [0.05, 0.1) is 0 Å². The zero-order valence-electron chi connectivity index (χ0n) is 10.2. The van der Waals surface area contributed by atoms with Crippen molar-refractivity contribution in [3.8, 4) is 11.5 Å². The molecule has 0 aliphatic heterocycles. The van der Waals surface area contributed by atoms with Crippen LogP contribution in [0.3, 0.4) is 0 Å². The molecule has 2 nitrogen and oxygen atoms in total. The molecule has 0 radical (unpaired) electrons. The van der Waals surface area contributed by atoms with Gasteiger partial charge in [-0.3, -0.25) is 0 Å². The number of hydrogen-bond acceptors (Lipinski definition) is 2. The third-order valence-corrected chi connectivity index (χ3v) is 3.24. The highest BCUT2D eigenvalue weighted by Gasteiger charge is 2.09. The Labute approximate surface area is 124 Å². The van der Waals surface area contributed by atoms with Crippen molar-refractivity contribution in [3.05, 3.63) is 57.3 Å². The first-order chi connectivity index (χ1) is 9.10. The Kier molecular flexibility index (Phi) is 4.80. The van der Waals surface area contributed by atoms with Crippen LogP contribution >= 0.6 is 27.5 Å². The number of rotatable bonds is 4. The lowest BCUT2D eigenvalue weighted by atomic mass is 10.2. The average Bonchev–Trinajstić information content (AvgIpc) is 2.37. The molecule has 5 heteroatoms. The Morgan fingerprint density at radius 2 is 2.00 bits per heavy atom. The normalized spacial score (nSPS) is 10.5. The van der Waals surface area contributed by atoms with E-state index in [1.54, 1.807) is 24.3 Å². The van der Waals surface area contributed by atoms with E-state index in [2.05, 4.69) is 21.2 Å². The molecule has 0 aliphatic carbocycles. The van der Waals surface area contributed by atoms with Crippen molar-refractivity contribution >= 4 is 27.5 Å². The zero-order chi connectivity index (χ0) is 13.8. The van der Waals surface area contributed by atoms with Crippen LogP contribution in [0.1, 0.15) is 5.56 Å². The third kappa shape index (κ3) is 3.69. The molecule has 0 saturated carbocycles. The Morgan fingerprint density at radius 3 is 2.74 bits per heavy atom. The molecule has 0 atom stereocenters. The fourth-order valence-corrected chi connectivity index (χ4v) is 2.14. The van der Waals surface area contributed by atoms with Gasteiger partial charge in [0.15, 0.2) is 11.6 Å². The molecule has 1 N–H and O–H groups in total. The second kappa shape index (κ2) is 6.37. The standard InChI is InChI=1S/C14H12BrClFNO/c1-18-8-9-2-4-11(16)7-13(9)19-14-6-10(15)3-5-12(14)17/h2-7,18H,8H2,1H3. The summed E-state index contributed by atoms with van der Waals surface area (Å²) in [7, 11) is 1.83. The van der Waals surface area contributed by atoms with Gasteiger partial charge in [-0.25, -0.2) is 4.39 Å². The van der Waals surface area contributed by atoms with Crippen molar-refractivity contribution in [3.63, 3.8) is 0 Å². The van der Waals surface area contributed by atoms with Gasteiger partial charge in [0.2, 0.25) is 0 Å². The molecule has 0 spiro atoms. The van der Waals surface area contributed by atoms with Crippen LogP contribution < -0.4 is 10.1 Å². The van der Waals surface area contributed by atoms with E-state index in [0.717, 1.165) is 10.0 Å². The molecule has 2 aromatic rings. The Bertz CT molecular complexity index is 592. The monoisotopic (exact) mass is 343 g/mol. The summed E-state index contributed by atoms with van der Waals surface area (Å²) in [5.41, 5.74) is 0.909. The van der Waals surface area contributed by atoms with Crippen LogP contribution in [0, 0.1) is 5.82 Å². The highest BCUT2D eigenvalue weighted by molar-refractivity contribution is 9.10. The highest BCUT2D eigenvalue weighted by atomic mass is 79.9. The zero-order valence-corrected chi connectivity index (χ0v) is 12.6. The quantitative estimate of drug-likeness (QED) is 0.864. The minimum absolute atomic E-state index is 0.161. The number of halogens is 3. The predicted octanol–water partition coefficient (Wildman–Crippen LogP) is 4.75. The van der Waals surface area contributed by atoms with Gasteiger partial charge >= 0.3 is 0 Å². The van der Waals surface area contributed by atoms with Gasteiger partial charge in [0, 0.05) is 21.6 Å². The topological polar surface area (TPSA) is 21.3 Å². The number of benzene rings is 2. The summed E-state index contributed by atoms with van der Waals surface area (Å²) >= 11 is 9.24. The SMILES string of the molecule is CNCc1ccc(Cl)cc1Oc1cc(Br)ccc1F. The molecule has 2 rings (SSSR count). The molecule has 19 heavy (non-hydrogen) atoms. The van der Waals surface area contributed by atoms with Crippen LogP contribution in [0.15, 0.2) is 40.9 Å². The number of nitrogens with one attached hydrogen (secondary N) is 1. The lowest BCUT2D eigenvalue weighted by Gasteiger charge is -2.12. The Hall–Kier alpha value is -1.10. The van der Waals surface area contributed by atoms with Gasteiger partial charge in [-0.15, -0.1) is 0 Å². The molecule has 100 valence electrons. The summed E-state index contributed by atoms with van der Waals surface area (Å²) in [4.78, 5) is 0. The second-order valence-corrected chi connectivity index (χ2v) is 5.31. The largest absolute Gasteiger partial charge is 0.454 e. The predicted molar refractivity (Wildman–Crippen MR) is 78.4 cm³/mol. The maximum absolute atomic E-state index is 13.7. The minimum atomic E-state index is -0.418. The summed E-state index contributed by atoms with van der Waals surface area (Å²) in [6.45, 7) is 0.613. The van der Waals surface area contributed by atoms with Gasteiger partial charge in [0.1, 0.15) is 5.75 Å².